The molecule has 1 heterocycles. The summed E-state index contributed by atoms with van der Waals surface area (Å²) >= 11 is 0. The van der Waals surface area contributed by atoms with Crippen LogP contribution >= 0.6 is 0 Å². The van der Waals surface area contributed by atoms with E-state index in [4.69, 9.17) is 0 Å². The van der Waals surface area contributed by atoms with Gasteiger partial charge in [0.15, 0.2) is 0 Å². The predicted octanol–water partition coefficient (Wildman–Crippen LogP) is -0.575. The second kappa shape index (κ2) is 2.97. The summed E-state index contributed by atoms with van der Waals surface area (Å²) in [7, 11) is 0. The van der Waals surface area contributed by atoms with E-state index < -0.39 is 0 Å². The van der Waals surface area contributed by atoms with Crippen LogP contribution in [0.4, 0.5) is 0 Å². The van der Waals surface area contributed by atoms with Crippen molar-refractivity contribution < 1.29 is 4.99 Å². The molecule has 62 valence electrons. The first-order valence-electron chi connectivity index (χ1n) is 4.28. The lowest BCUT2D eigenvalue weighted by molar-refractivity contribution is -0.444. The maximum absolute atomic E-state index is 3.30. The molecule has 0 saturated carbocycles. The van der Waals surface area contributed by atoms with Gasteiger partial charge in [0.25, 0.3) is 5.84 Å². The molecule has 1 aliphatic heterocycles. The lowest BCUT2D eigenvalue weighted by Gasteiger charge is -1.96. The third-order valence-corrected chi connectivity index (χ3v) is 2.07. The molecule has 0 unspecified atom stereocenters. The second-order valence-electron chi connectivity index (χ2n) is 3.09. The molecular weight excluding hydrogens is 148 g/mol. The minimum absolute atomic E-state index is 1.03. The molecule has 0 radical (unpaired) electrons. The normalized spacial score (nSPS) is 15.6. The Balaban J connectivity index is 2.28. The Morgan fingerprint density at radius 2 is 2.00 bits per heavy atom. The summed E-state index contributed by atoms with van der Waals surface area (Å²) in [5.74, 6) is 1.16. The molecule has 1 aromatic carbocycles. The predicted molar refractivity (Wildman–Crippen MR) is 49.1 cm³/mol. The number of benzene rings is 1. The number of nitrogens with one attached hydrogen (secondary N) is 2. The molecule has 2 rings (SSSR count). The van der Waals surface area contributed by atoms with Crippen molar-refractivity contribution in [1.29, 1.82) is 0 Å². The first kappa shape index (κ1) is 7.35. The van der Waals surface area contributed by atoms with Gasteiger partial charge in [-0.2, -0.15) is 0 Å². The minimum Gasteiger partial charge on any atom is -0.270 e. The fraction of sp³-hybridized carbons (Fsp3) is 0.300. The summed E-state index contributed by atoms with van der Waals surface area (Å²) in [5, 5.41) is 3.30. The van der Waals surface area contributed by atoms with Gasteiger partial charge in [0.05, 0.1) is 5.56 Å². The Bertz CT molecular complexity index is 298. The van der Waals surface area contributed by atoms with Crippen LogP contribution < -0.4 is 10.3 Å². The van der Waals surface area contributed by atoms with Gasteiger partial charge < -0.3 is 0 Å². The van der Waals surface area contributed by atoms with Crippen LogP contribution in [0.15, 0.2) is 24.3 Å². The smallest absolute Gasteiger partial charge is 0.270 e. The van der Waals surface area contributed by atoms with Crippen LogP contribution in [0.25, 0.3) is 0 Å². The van der Waals surface area contributed by atoms with Gasteiger partial charge in [-0.3, -0.25) is 10.3 Å². The van der Waals surface area contributed by atoms with Crippen LogP contribution in [-0.2, 0) is 0 Å². The number of amidine groups is 1. The van der Waals surface area contributed by atoms with E-state index in [2.05, 4.69) is 41.5 Å². The highest BCUT2D eigenvalue weighted by atomic mass is 15.1. The molecule has 1 aliphatic rings. The maximum Gasteiger partial charge on any atom is 0.275 e. The molecule has 12 heavy (non-hydrogen) atoms. The van der Waals surface area contributed by atoms with Crippen LogP contribution in [-0.4, -0.2) is 18.9 Å². The van der Waals surface area contributed by atoms with Crippen LogP contribution in [0.2, 0.25) is 0 Å². The second-order valence-corrected chi connectivity index (χ2v) is 3.09. The van der Waals surface area contributed by atoms with E-state index in [0.717, 1.165) is 18.9 Å². The average molecular weight is 161 g/mol. The topological polar surface area (TPSA) is 26.0 Å². The van der Waals surface area contributed by atoms with Crippen molar-refractivity contribution in [3.05, 3.63) is 35.4 Å². The Kier molecular flexibility index (Phi) is 1.82. The van der Waals surface area contributed by atoms with Gasteiger partial charge in [0.1, 0.15) is 13.1 Å². The van der Waals surface area contributed by atoms with Gasteiger partial charge in [0, 0.05) is 0 Å². The van der Waals surface area contributed by atoms with Crippen molar-refractivity contribution in [2.75, 3.05) is 13.1 Å². The van der Waals surface area contributed by atoms with Crippen LogP contribution in [0.5, 0.6) is 0 Å². The lowest BCUT2D eigenvalue weighted by atomic mass is 10.1. The molecule has 0 aromatic heterocycles. The number of rotatable bonds is 1. The van der Waals surface area contributed by atoms with E-state index in [1.54, 1.807) is 0 Å². The van der Waals surface area contributed by atoms with E-state index in [1.165, 1.54) is 11.1 Å². The summed E-state index contributed by atoms with van der Waals surface area (Å²) < 4.78 is 0. The monoisotopic (exact) mass is 161 g/mol. The van der Waals surface area contributed by atoms with Crippen LogP contribution in [0.3, 0.4) is 0 Å². The van der Waals surface area contributed by atoms with Crippen molar-refractivity contribution in [2.24, 2.45) is 0 Å². The molecule has 2 heteroatoms. The molecule has 0 spiro atoms. The van der Waals surface area contributed by atoms with Crippen molar-refractivity contribution in [3.8, 4) is 0 Å². The Hall–Kier alpha value is -1.31. The van der Waals surface area contributed by atoms with Crippen molar-refractivity contribution in [3.63, 3.8) is 0 Å². The van der Waals surface area contributed by atoms with E-state index in [1.807, 2.05) is 0 Å². The van der Waals surface area contributed by atoms with Gasteiger partial charge in [-0.05, 0) is 19.1 Å². The largest absolute Gasteiger partial charge is 0.275 e. The Morgan fingerprint density at radius 1 is 1.25 bits per heavy atom. The molecule has 0 bridgehead atoms. The molecule has 1 aromatic rings. The molecule has 0 atom stereocenters. The highest BCUT2D eigenvalue weighted by Gasteiger charge is 2.13. The average Bonchev–Trinajstić information content (AvgIpc) is 2.58. The molecule has 0 fully saturated rings. The van der Waals surface area contributed by atoms with Gasteiger partial charge in [0.2, 0.25) is 0 Å². The number of aryl methyl sites for hydroxylation is 1. The van der Waals surface area contributed by atoms with E-state index in [-0.39, 0.29) is 0 Å². The van der Waals surface area contributed by atoms with Gasteiger partial charge in [-0.1, -0.05) is 17.7 Å². The molecule has 2 nitrogen and oxygen atoms in total. The zero-order chi connectivity index (χ0) is 8.39. The number of hydrogen-bond donors (Lipinski definition) is 2. The number of hydrogen-bond acceptors (Lipinski definition) is 1. The quantitative estimate of drug-likeness (QED) is 0.566. The van der Waals surface area contributed by atoms with E-state index >= 15 is 0 Å². The fourth-order valence-corrected chi connectivity index (χ4v) is 1.36. The first-order valence-corrected chi connectivity index (χ1v) is 4.28. The van der Waals surface area contributed by atoms with Gasteiger partial charge >= 0.3 is 0 Å². The van der Waals surface area contributed by atoms with Crippen LogP contribution in [0, 0.1) is 6.92 Å². The molecule has 0 aliphatic carbocycles. The third kappa shape index (κ3) is 1.33. The highest BCUT2D eigenvalue weighted by molar-refractivity contribution is 5.94. The van der Waals surface area contributed by atoms with Gasteiger partial charge in [-0.25, -0.2) is 0 Å². The summed E-state index contributed by atoms with van der Waals surface area (Å²) in [5.41, 5.74) is 2.55. The first-order chi connectivity index (χ1) is 5.86. The SMILES string of the molecule is Cc1ccc(C2=[NH+]CCN2)cc1. The Morgan fingerprint density at radius 3 is 2.58 bits per heavy atom. The third-order valence-electron chi connectivity index (χ3n) is 2.07. The Labute approximate surface area is 72.3 Å². The standard InChI is InChI=1S/C10H12N2/c1-8-2-4-9(5-3-8)10-11-6-7-12-10/h2-5H,6-7H2,1H3,(H,11,12)/p+1. The highest BCUT2D eigenvalue weighted by Crippen LogP contribution is 2.01. The zero-order valence-electron chi connectivity index (χ0n) is 7.22. The molecular formula is C10H13N2+. The lowest BCUT2D eigenvalue weighted by Crippen LogP contribution is -2.70. The summed E-state index contributed by atoms with van der Waals surface area (Å²) in [6.45, 7) is 4.16. The van der Waals surface area contributed by atoms with Crippen molar-refractivity contribution in [1.82, 2.24) is 5.32 Å². The zero-order valence-corrected chi connectivity index (χ0v) is 7.22. The molecule has 0 saturated heterocycles. The van der Waals surface area contributed by atoms with Crippen molar-refractivity contribution in [2.45, 2.75) is 6.92 Å². The maximum atomic E-state index is 3.30. The van der Waals surface area contributed by atoms with Crippen molar-refractivity contribution >= 4 is 5.84 Å². The summed E-state index contributed by atoms with van der Waals surface area (Å²) in [6, 6.07) is 8.53. The van der Waals surface area contributed by atoms with E-state index in [9.17, 15) is 0 Å². The fourth-order valence-electron chi connectivity index (χ4n) is 1.36. The summed E-state index contributed by atoms with van der Waals surface area (Å²) in [6.07, 6.45) is 0. The molecule has 2 N–H and O–H groups in total. The van der Waals surface area contributed by atoms with E-state index in [0.29, 0.717) is 0 Å². The van der Waals surface area contributed by atoms with Crippen LogP contribution in [0.1, 0.15) is 11.1 Å². The summed E-state index contributed by atoms with van der Waals surface area (Å²) in [4.78, 5) is 3.30. The molecule has 0 amide bonds. The minimum atomic E-state index is 1.03. The van der Waals surface area contributed by atoms with Gasteiger partial charge in [-0.15, -0.1) is 0 Å².